The lowest BCUT2D eigenvalue weighted by Crippen LogP contribution is -2.51. The number of aromatic nitrogens is 2. The number of carbonyl (C=O) groups excluding carboxylic acids is 1. The largest absolute Gasteiger partial charge is 0.480 e. The molecule has 98 valence electrons. The highest BCUT2D eigenvalue weighted by Gasteiger charge is 2.37. The van der Waals surface area contributed by atoms with Crippen LogP contribution in [0.3, 0.4) is 0 Å². The number of H-pyrrole nitrogens is 1. The molecule has 7 heteroatoms. The number of carboxylic acids is 1. The van der Waals surface area contributed by atoms with Gasteiger partial charge >= 0.3 is 5.97 Å². The predicted octanol–water partition coefficient (Wildman–Crippen LogP) is -0.218. The molecule has 2 heterocycles. The molecule has 2 rings (SSSR count). The van der Waals surface area contributed by atoms with E-state index in [0.717, 1.165) is 5.69 Å². The fourth-order valence-electron chi connectivity index (χ4n) is 2.02. The summed E-state index contributed by atoms with van der Waals surface area (Å²) in [6, 6.07) is -0.883. The number of hydrogen-bond acceptors (Lipinski definition) is 4. The van der Waals surface area contributed by atoms with E-state index in [1.54, 1.807) is 6.92 Å². The first kappa shape index (κ1) is 12.6. The number of nitrogens with zero attached hydrogens (tertiary/aromatic N) is 2. The Balaban J connectivity index is 2.27. The number of rotatable bonds is 3. The number of carbonyl (C=O) groups is 2. The van der Waals surface area contributed by atoms with Gasteiger partial charge in [-0.2, -0.15) is 0 Å². The number of nitrogens with one attached hydrogen (secondary N) is 1. The minimum absolute atomic E-state index is 0.219. The Morgan fingerprint density at radius 3 is 3.00 bits per heavy atom. The molecule has 7 nitrogen and oxygen atoms in total. The van der Waals surface area contributed by atoms with Crippen molar-refractivity contribution in [3.8, 4) is 0 Å². The lowest BCUT2D eigenvalue weighted by Gasteiger charge is -2.33. The van der Waals surface area contributed by atoms with Crippen molar-refractivity contribution in [2.45, 2.75) is 32.0 Å². The molecule has 2 unspecified atom stereocenters. The number of aromatic amines is 1. The van der Waals surface area contributed by atoms with E-state index in [4.69, 9.17) is 4.74 Å². The van der Waals surface area contributed by atoms with E-state index in [2.05, 4.69) is 9.97 Å². The van der Waals surface area contributed by atoms with Crippen LogP contribution >= 0.6 is 0 Å². The highest BCUT2D eigenvalue weighted by atomic mass is 16.5. The summed E-state index contributed by atoms with van der Waals surface area (Å²) in [6.45, 7) is 1.82. The van der Waals surface area contributed by atoms with Crippen molar-refractivity contribution in [3.05, 3.63) is 17.7 Å². The van der Waals surface area contributed by atoms with Gasteiger partial charge in [0.25, 0.3) is 5.91 Å². The van der Waals surface area contributed by atoms with Gasteiger partial charge in [0, 0.05) is 13.5 Å². The molecule has 0 saturated heterocycles. The molecule has 1 aromatic heterocycles. The second-order valence-electron chi connectivity index (χ2n) is 4.23. The number of amides is 1. The van der Waals surface area contributed by atoms with E-state index in [1.807, 2.05) is 0 Å². The lowest BCUT2D eigenvalue weighted by molar-refractivity contribution is -0.156. The molecule has 1 aromatic rings. The van der Waals surface area contributed by atoms with Crippen molar-refractivity contribution in [2.75, 3.05) is 7.11 Å². The molecule has 0 spiro atoms. The molecule has 1 aliphatic heterocycles. The van der Waals surface area contributed by atoms with E-state index < -0.39 is 18.1 Å². The Labute approximate surface area is 104 Å². The summed E-state index contributed by atoms with van der Waals surface area (Å²) in [5.74, 6) is -1.36. The van der Waals surface area contributed by atoms with Crippen LogP contribution < -0.4 is 0 Å². The molecule has 0 aliphatic carbocycles. The van der Waals surface area contributed by atoms with Crippen molar-refractivity contribution in [2.24, 2.45) is 0 Å². The number of aliphatic carboxylic acids is 1. The van der Waals surface area contributed by atoms with Crippen molar-refractivity contribution in [1.29, 1.82) is 0 Å². The van der Waals surface area contributed by atoms with Crippen molar-refractivity contribution in [3.63, 3.8) is 0 Å². The Bertz CT molecular complexity index is 471. The standard InChI is InChI=1S/C11H15N3O4/c1-6(18-2)10(15)14-4-8-7(12-5-13-8)3-9(14)11(16)17/h5-6,9H,3-4H2,1-2H3,(H,12,13)(H,16,17). The molecule has 0 saturated carbocycles. The Hall–Kier alpha value is -1.89. The maximum atomic E-state index is 12.1. The molecule has 2 atom stereocenters. The first-order chi connectivity index (χ1) is 8.54. The minimum Gasteiger partial charge on any atom is -0.480 e. The molecule has 0 aromatic carbocycles. The third kappa shape index (κ3) is 2.08. The molecule has 1 aliphatic rings. The van der Waals surface area contributed by atoms with Gasteiger partial charge in [-0.25, -0.2) is 9.78 Å². The van der Waals surface area contributed by atoms with Crippen LogP contribution in [0.1, 0.15) is 18.3 Å². The van der Waals surface area contributed by atoms with Gasteiger partial charge in [0.1, 0.15) is 12.1 Å². The van der Waals surface area contributed by atoms with Crippen LogP contribution in [0.2, 0.25) is 0 Å². The molecule has 0 bridgehead atoms. The van der Waals surface area contributed by atoms with Crippen LogP contribution in [0.15, 0.2) is 6.33 Å². The number of hydrogen-bond donors (Lipinski definition) is 2. The van der Waals surface area contributed by atoms with Crippen molar-refractivity contribution >= 4 is 11.9 Å². The van der Waals surface area contributed by atoms with Crippen LogP contribution in [0.5, 0.6) is 0 Å². The molecular formula is C11H15N3O4. The van der Waals surface area contributed by atoms with Crippen molar-refractivity contribution < 1.29 is 19.4 Å². The van der Waals surface area contributed by atoms with Crippen LogP contribution in [0.4, 0.5) is 0 Å². The lowest BCUT2D eigenvalue weighted by atomic mass is 10.0. The zero-order chi connectivity index (χ0) is 13.3. The normalized spacial score (nSPS) is 20.3. The summed E-state index contributed by atoms with van der Waals surface area (Å²) in [4.78, 5) is 31.6. The Kier molecular flexibility index (Phi) is 3.33. The summed E-state index contributed by atoms with van der Waals surface area (Å²) in [5.41, 5.74) is 1.49. The van der Waals surface area contributed by atoms with Crippen LogP contribution in [-0.2, 0) is 27.3 Å². The molecule has 0 radical (unpaired) electrons. The minimum atomic E-state index is -1.03. The third-order valence-corrected chi connectivity index (χ3v) is 3.17. The fraction of sp³-hybridized carbons (Fsp3) is 0.545. The molecule has 18 heavy (non-hydrogen) atoms. The van der Waals surface area contributed by atoms with E-state index in [1.165, 1.54) is 18.3 Å². The SMILES string of the molecule is COC(C)C(=O)N1Cc2[nH]cnc2CC1C(=O)O. The highest BCUT2D eigenvalue weighted by Crippen LogP contribution is 2.21. The first-order valence-electron chi connectivity index (χ1n) is 5.61. The second-order valence-corrected chi connectivity index (χ2v) is 4.23. The monoisotopic (exact) mass is 253 g/mol. The van der Waals surface area contributed by atoms with E-state index in [-0.39, 0.29) is 18.9 Å². The fourth-order valence-corrected chi connectivity index (χ4v) is 2.02. The quantitative estimate of drug-likeness (QED) is 0.776. The van der Waals surface area contributed by atoms with Crippen LogP contribution in [-0.4, -0.2) is 51.1 Å². The van der Waals surface area contributed by atoms with Gasteiger partial charge in [-0.05, 0) is 6.92 Å². The summed E-state index contributed by atoms with van der Waals surface area (Å²) >= 11 is 0. The summed E-state index contributed by atoms with van der Waals surface area (Å²) in [6.07, 6.45) is 1.07. The van der Waals surface area contributed by atoms with Gasteiger partial charge in [0.2, 0.25) is 0 Å². The van der Waals surface area contributed by atoms with Gasteiger partial charge in [0.15, 0.2) is 0 Å². The van der Waals surface area contributed by atoms with Gasteiger partial charge in [0.05, 0.1) is 24.3 Å². The zero-order valence-electron chi connectivity index (χ0n) is 10.2. The van der Waals surface area contributed by atoms with Gasteiger partial charge in [-0.1, -0.05) is 0 Å². The van der Waals surface area contributed by atoms with Gasteiger partial charge in [-0.15, -0.1) is 0 Å². The first-order valence-corrected chi connectivity index (χ1v) is 5.61. The Morgan fingerprint density at radius 1 is 1.67 bits per heavy atom. The second kappa shape index (κ2) is 4.77. The summed E-state index contributed by atoms with van der Waals surface area (Å²) in [5, 5.41) is 9.20. The molecular weight excluding hydrogens is 238 g/mol. The average Bonchev–Trinajstić information content (AvgIpc) is 2.82. The van der Waals surface area contributed by atoms with Crippen molar-refractivity contribution in [1.82, 2.24) is 14.9 Å². The van der Waals surface area contributed by atoms with Gasteiger partial charge in [-0.3, -0.25) is 4.79 Å². The van der Waals surface area contributed by atoms with Crippen LogP contribution in [0.25, 0.3) is 0 Å². The molecule has 1 amide bonds. The topological polar surface area (TPSA) is 95.5 Å². The zero-order valence-corrected chi connectivity index (χ0v) is 10.2. The smallest absolute Gasteiger partial charge is 0.326 e. The average molecular weight is 253 g/mol. The number of methoxy groups -OCH3 is 1. The molecule has 2 N–H and O–H groups in total. The van der Waals surface area contributed by atoms with E-state index in [9.17, 15) is 14.7 Å². The van der Waals surface area contributed by atoms with E-state index >= 15 is 0 Å². The molecule has 0 fully saturated rings. The summed E-state index contributed by atoms with van der Waals surface area (Å²) < 4.78 is 4.95. The predicted molar refractivity (Wildman–Crippen MR) is 60.7 cm³/mol. The number of fused-ring (bicyclic) bond motifs is 1. The summed E-state index contributed by atoms with van der Waals surface area (Å²) in [7, 11) is 1.42. The number of ether oxygens (including phenoxy) is 1. The van der Waals surface area contributed by atoms with E-state index in [0.29, 0.717) is 5.69 Å². The highest BCUT2D eigenvalue weighted by molar-refractivity contribution is 5.86. The van der Waals surface area contributed by atoms with Crippen LogP contribution in [0, 0.1) is 0 Å². The Morgan fingerprint density at radius 2 is 2.39 bits per heavy atom. The maximum absolute atomic E-state index is 12.1. The maximum Gasteiger partial charge on any atom is 0.326 e. The number of carboxylic acid groups (broad SMARTS) is 1. The third-order valence-electron chi connectivity index (χ3n) is 3.17. The number of imidazole rings is 1. The van der Waals surface area contributed by atoms with Gasteiger partial charge < -0.3 is 19.7 Å².